The molecule has 138 valence electrons. The maximum atomic E-state index is 12.6. The number of rotatable bonds is 7. The summed E-state index contributed by atoms with van der Waals surface area (Å²) in [7, 11) is 0. The molecule has 0 radical (unpaired) electrons. The Bertz CT molecular complexity index is 893. The Hall–Kier alpha value is -2.96. The van der Waals surface area contributed by atoms with Gasteiger partial charge in [0.2, 0.25) is 11.8 Å². The molecule has 0 aliphatic heterocycles. The Morgan fingerprint density at radius 1 is 0.963 bits per heavy atom. The number of hydrogen-bond donors (Lipinski definition) is 3. The van der Waals surface area contributed by atoms with Crippen molar-refractivity contribution < 1.29 is 9.59 Å². The Morgan fingerprint density at radius 2 is 1.67 bits per heavy atom. The zero-order chi connectivity index (χ0) is 19.2. The quantitative estimate of drug-likeness (QED) is 0.587. The Labute approximate surface area is 162 Å². The summed E-state index contributed by atoms with van der Waals surface area (Å²) in [5.74, 6) is -0.649. The van der Waals surface area contributed by atoms with Gasteiger partial charge in [-0.2, -0.15) is 0 Å². The van der Waals surface area contributed by atoms with Crippen LogP contribution in [-0.4, -0.2) is 17.9 Å². The summed E-state index contributed by atoms with van der Waals surface area (Å²) in [6.07, 6.45) is 0. The molecule has 2 atom stereocenters. The zero-order valence-corrected chi connectivity index (χ0v) is 15.7. The van der Waals surface area contributed by atoms with Crippen LogP contribution in [0.4, 0.5) is 5.69 Å². The molecule has 27 heavy (non-hydrogen) atoms. The predicted octanol–water partition coefficient (Wildman–Crippen LogP) is 3.55. The van der Waals surface area contributed by atoms with Gasteiger partial charge in [-0.3, -0.25) is 14.9 Å². The van der Waals surface area contributed by atoms with Crippen LogP contribution in [0.1, 0.15) is 33.8 Å². The molecule has 0 fully saturated rings. The SMILES string of the molecule is C[C@H](N[C@@H](c1ccccc1)c1cccs1)C(=O)Nc1ccc(C(N)=O)cc1. The molecular formula is C21H21N3O2S. The minimum absolute atomic E-state index is 0.0656. The van der Waals surface area contributed by atoms with Crippen LogP contribution in [0.2, 0.25) is 0 Å². The number of hydrogen-bond acceptors (Lipinski definition) is 4. The minimum atomic E-state index is -0.496. The van der Waals surface area contributed by atoms with Crippen molar-refractivity contribution in [1.29, 1.82) is 0 Å². The fourth-order valence-electron chi connectivity index (χ4n) is 2.74. The summed E-state index contributed by atoms with van der Waals surface area (Å²) < 4.78 is 0. The molecular weight excluding hydrogens is 358 g/mol. The smallest absolute Gasteiger partial charge is 0.248 e. The zero-order valence-electron chi connectivity index (χ0n) is 14.9. The molecule has 0 saturated heterocycles. The van der Waals surface area contributed by atoms with Crippen molar-refractivity contribution in [1.82, 2.24) is 5.32 Å². The number of nitrogens with one attached hydrogen (secondary N) is 2. The van der Waals surface area contributed by atoms with Gasteiger partial charge in [-0.1, -0.05) is 36.4 Å². The first-order valence-corrected chi connectivity index (χ1v) is 9.47. The Morgan fingerprint density at radius 3 is 2.26 bits per heavy atom. The first kappa shape index (κ1) is 18.8. The van der Waals surface area contributed by atoms with E-state index in [9.17, 15) is 9.59 Å². The van der Waals surface area contributed by atoms with E-state index < -0.39 is 11.9 Å². The summed E-state index contributed by atoms with van der Waals surface area (Å²) in [5.41, 5.74) is 7.36. The first-order valence-electron chi connectivity index (χ1n) is 8.59. The highest BCUT2D eigenvalue weighted by atomic mass is 32.1. The molecule has 3 aromatic rings. The van der Waals surface area contributed by atoms with E-state index in [-0.39, 0.29) is 11.9 Å². The van der Waals surface area contributed by atoms with Gasteiger partial charge in [0.25, 0.3) is 0 Å². The van der Waals surface area contributed by atoms with Gasteiger partial charge in [0.05, 0.1) is 12.1 Å². The molecule has 2 aromatic carbocycles. The second-order valence-electron chi connectivity index (χ2n) is 6.18. The van der Waals surface area contributed by atoms with Gasteiger partial charge in [-0.15, -0.1) is 11.3 Å². The molecule has 3 rings (SSSR count). The standard InChI is InChI=1S/C21H21N3O2S/c1-14(21(26)24-17-11-9-16(10-12-17)20(22)25)23-19(18-8-5-13-27-18)15-6-3-2-4-7-15/h2-14,19,23H,1H3,(H2,22,25)(H,24,26)/t14-,19-/m0/s1. The normalized spacial score (nSPS) is 12.9. The van der Waals surface area contributed by atoms with Gasteiger partial charge < -0.3 is 11.1 Å². The van der Waals surface area contributed by atoms with E-state index in [2.05, 4.69) is 16.7 Å². The van der Waals surface area contributed by atoms with Crippen LogP contribution >= 0.6 is 11.3 Å². The summed E-state index contributed by atoms with van der Waals surface area (Å²) in [6.45, 7) is 1.83. The molecule has 0 aliphatic carbocycles. The first-order chi connectivity index (χ1) is 13.0. The number of anilines is 1. The second-order valence-corrected chi connectivity index (χ2v) is 7.16. The average molecular weight is 379 g/mol. The van der Waals surface area contributed by atoms with E-state index >= 15 is 0 Å². The number of benzene rings is 2. The van der Waals surface area contributed by atoms with Crippen LogP contribution in [0.5, 0.6) is 0 Å². The van der Waals surface area contributed by atoms with Crippen LogP contribution < -0.4 is 16.4 Å². The summed E-state index contributed by atoms with van der Waals surface area (Å²) in [5, 5.41) is 8.30. The number of carbonyl (C=O) groups is 2. The highest BCUT2D eigenvalue weighted by molar-refractivity contribution is 7.10. The van der Waals surface area contributed by atoms with Crippen LogP contribution in [0.3, 0.4) is 0 Å². The topological polar surface area (TPSA) is 84.2 Å². The molecule has 0 spiro atoms. The lowest BCUT2D eigenvalue weighted by molar-refractivity contribution is -0.117. The number of primary amides is 1. The third-order valence-electron chi connectivity index (χ3n) is 4.21. The lowest BCUT2D eigenvalue weighted by atomic mass is 10.0. The van der Waals surface area contributed by atoms with E-state index in [0.29, 0.717) is 11.3 Å². The lowest BCUT2D eigenvalue weighted by Gasteiger charge is -2.22. The minimum Gasteiger partial charge on any atom is -0.366 e. The van der Waals surface area contributed by atoms with Crippen molar-refractivity contribution in [2.75, 3.05) is 5.32 Å². The third-order valence-corrected chi connectivity index (χ3v) is 5.14. The van der Waals surface area contributed by atoms with E-state index in [1.807, 2.05) is 48.7 Å². The van der Waals surface area contributed by atoms with Gasteiger partial charge >= 0.3 is 0 Å². The molecule has 5 nitrogen and oxygen atoms in total. The lowest BCUT2D eigenvalue weighted by Crippen LogP contribution is -2.40. The molecule has 0 saturated carbocycles. The molecule has 0 unspecified atom stereocenters. The summed E-state index contributed by atoms with van der Waals surface area (Å²) in [6, 6.07) is 20.1. The molecule has 0 aliphatic rings. The molecule has 0 bridgehead atoms. The van der Waals surface area contributed by atoms with Crippen molar-refractivity contribution in [2.45, 2.75) is 19.0 Å². The van der Waals surface area contributed by atoms with Gasteiger partial charge in [-0.05, 0) is 48.2 Å². The summed E-state index contributed by atoms with van der Waals surface area (Å²) >= 11 is 1.65. The van der Waals surface area contributed by atoms with E-state index in [4.69, 9.17) is 5.73 Å². The number of thiophene rings is 1. The maximum absolute atomic E-state index is 12.6. The van der Waals surface area contributed by atoms with E-state index in [1.54, 1.807) is 35.6 Å². The van der Waals surface area contributed by atoms with Gasteiger partial charge in [0, 0.05) is 16.1 Å². The molecule has 1 heterocycles. The van der Waals surface area contributed by atoms with Gasteiger partial charge in [-0.25, -0.2) is 0 Å². The fraction of sp³-hybridized carbons (Fsp3) is 0.143. The highest BCUT2D eigenvalue weighted by Gasteiger charge is 2.21. The maximum Gasteiger partial charge on any atom is 0.248 e. The van der Waals surface area contributed by atoms with Crippen LogP contribution in [0.25, 0.3) is 0 Å². The molecule has 2 amide bonds. The number of carbonyl (C=O) groups excluding carboxylic acids is 2. The van der Waals surface area contributed by atoms with Crippen molar-refractivity contribution in [2.24, 2.45) is 5.73 Å². The molecule has 6 heteroatoms. The molecule has 1 aromatic heterocycles. The van der Waals surface area contributed by atoms with Crippen molar-refractivity contribution in [3.8, 4) is 0 Å². The third kappa shape index (κ3) is 4.81. The van der Waals surface area contributed by atoms with Crippen molar-refractivity contribution in [3.05, 3.63) is 88.1 Å². The van der Waals surface area contributed by atoms with Crippen molar-refractivity contribution >= 4 is 28.8 Å². The van der Waals surface area contributed by atoms with Crippen LogP contribution in [-0.2, 0) is 4.79 Å². The van der Waals surface area contributed by atoms with E-state index in [0.717, 1.165) is 10.4 Å². The molecule has 4 N–H and O–H groups in total. The Kier molecular flexibility index (Phi) is 6.01. The van der Waals surface area contributed by atoms with Crippen LogP contribution in [0, 0.1) is 0 Å². The Balaban J connectivity index is 1.70. The number of nitrogens with two attached hydrogens (primary N) is 1. The van der Waals surface area contributed by atoms with Crippen molar-refractivity contribution in [3.63, 3.8) is 0 Å². The van der Waals surface area contributed by atoms with Crippen LogP contribution in [0.15, 0.2) is 72.1 Å². The van der Waals surface area contributed by atoms with E-state index in [1.165, 1.54) is 0 Å². The second kappa shape index (κ2) is 8.62. The highest BCUT2D eigenvalue weighted by Crippen LogP contribution is 2.26. The largest absolute Gasteiger partial charge is 0.366 e. The number of amides is 2. The average Bonchev–Trinajstić information content (AvgIpc) is 3.21. The predicted molar refractivity (Wildman–Crippen MR) is 109 cm³/mol. The fourth-order valence-corrected chi connectivity index (χ4v) is 3.55. The summed E-state index contributed by atoms with van der Waals surface area (Å²) in [4.78, 5) is 24.9. The van der Waals surface area contributed by atoms with Gasteiger partial charge in [0.1, 0.15) is 0 Å². The monoisotopic (exact) mass is 379 g/mol. The van der Waals surface area contributed by atoms with Gasteiger partial charge in [0.15, 0.2) is 0 Å².